The largest absolute Gasteiger partial charge is 0.268 e. The SMILES string of the molecule is CCCc1n[nH]c(=O)cc1C. The molecule has 1 aromatic rings. The van der Waals surface area contributed by atoms with Crippen LogP contribution in [0.2, 0.25) is 0 Å². The molecule has 1 aromatic heterocycles. The van der Waals surface area contributed by atoms with Crippen molar-refractivity contribution in [1.29, 1.82) is 0 Å². The highest BCUT2D eigenvalue weighted by Crippen LogP contribution is 2.01. The van der Waals surface area contributed by atoms with E-state index in [1.54, 1.807) is 6.07 Å². The first kappa shape index (κ1) is 7.98. The zero-order valence-corrected chi connectivity index (χ0v) is 6.85. The van der Waals surface area contributed by atoms with Crippen molar-refractivity contribution in [3.8, 4) is 0 Å². The molecule has 1 rings (SSSR count). The molecule has 11 heavy (non-hydrogen) atoms. The lowest BCUT2D eigenvalue weighted by Gasteiger charge is -1.99. The van der Waals surface area contributed by atoms with Crippen molar-refractivity contribution < 1.29 is 0 Å². The summed E-state index contributed by atoms with van der Waals surface area (Å²) in [6.45, 7) is 4.00. The maximum atomic E-state index is 10.7. The molecule has 1 heterocycles. The van der Waals surface area contributed by atoms with E-state index in [4.69, 9.17) is 0 Å². The van der Waals surface area contributed by atoms with Gasteiger partial charge in [-0.25, -0.2) is 5.10 Å². The maximum absolute atomic E-state index is 10.7. The fourth-order valence-corrected chi connectivity index (χ4v) is 1.01. The van der Waals surface area contributed by atoms with Crippen molar-refractivity contribution in [3.63, 3.8) is 0 Å². The van der Waals surface area contributed by atoms with E-state index in [-0.39, 0.29) is 5.56 Å². The van der Waals surface area contributed by atoms with Gasteiger partial charge in [-0.3, -0.25) is 4.79 Å². The van der Waals surface area contributed by atoms with Crippen molar-refractivity contribution >= 4 is 0 Å². The maximum Gasteiger partial charge on any atom is 0.264 e. The molecule has 3 heteroatoms. The first-order chi connectivity index (χ1) is 5.24. The summed E-state index contributed by atoms with van der Waals surface area (Å²) in [6, 6.07) is 1.58. The molecule has 0 atom stereocenters. The van der Waals surface area contributed by atoms with E-state index in [1.807, 2.05) is 6.92 Å². The Bertz CT molecular complexity index is 290. The molecule has 0 spiro atoms. The minimum atomic E-state index is -0.123. The fourth-order valence-electron chi connectivity index (χ4n) is 1.01. The Hall–Kier alpha value is -1.12. The van der Waals surface area contributed by atoms with Gasteiger partial charge in [-0.15, -0.1) is 0 Å². The Kier molecular flexibility index (Phi) is 2.41. The van der Waals surface area contributed by atoms with Crippen LogP contribution in [0.5, 0.6) is 0 Å². The Morgan fingerprint density at radius 3 is 2.91 bits per heavy atom. The summed E-state index contributed by atoms with van der Waals surface area (Å²) in [6.07, 6.45) is 1.99. The third-order valence-corrected chi connectivity index (χ3v) is 1.59. The third kappa shape index (κ3) is 1.90. The second-order valence-electron chi connectivity index (χ2n) is 2.61. The molecular formula is C8H12N2O. The molecule has 0 aliphatic rings. The number of aromatic amines is 1. The van der Waals surface area contributed by atoms with Gasteiger partial charge in [0.25, 0.3) is 5.56 Å². The summed E-state index contributed by atoms with van der Waals surface area (Å²) in [4.78, 5) is 10.7. The van der Waals surface area contributed by atoms with Crippen molar-refractivity contribution in [1.82, 2.24) is 10.2 Å². The van der Waals surface area contributed by atoms with Gasteiger partial charge in [0, 0.05) is 6.07 Å². The lowest BCUT2D eigenvalue weighted by molar-refractivity contribution is 0.815. The van der Waals surface area contributed by atoms with Gasteiger partial charge in [0.2, 0.25) is 0 Å². The number of hydrogen-bond donors (Lipinski definition) is 1. The van der Waals surface area contributed by atoms with E-state index in [1.165, 1.54) is 0 Å². The van der Waals surface area contributed by atoms with Crippen molar-refractivity contribution in [2.45, 2.75) is 26.7 Å². The standard InChI is InChI=1S/C8H12N2O/c1-3-4-7-6(2)5-8(11)10-9-7/h5H,3-4H2,1-2H3,(H,10,11). The molecule has 0 bridgehead atoms. The van der Waals surface area contributed by atoms with Crippen LogP contribution in [0.25, 0.3) is 0 Å². The van der Waals surface area contributed by atoms with Crippen LogP contribution in [0.3, 0.4) is 0 Å². The Labute approximate surface area is 65.5 Å². The monoisotopic (exact) mass is 152 g/mol. The Morgan fingerprint density at radius 1 is 1.64 bits per heavy atom. The topological polar surface area (TPSA) is 45.8 Å². The van der Waals surface area contributed by atoms with Crippen LogP contribution in [0.4, 0.5) is 0 Å². The molecule has 0 saturated carbocycles. The van der Waals surface area contributed by atoms with Crippen LogP contribution in [-0.2, 0) is 6.42 Å². The minimum Gasteiger partial charge on any atom is -0.268 e. The molecule has 3 nitrogen and oxygen atoms in total. The molecule has 0 aliphatic heterocycles. The molecule has 0 radical (unpaired) electrons. The molecule has 0 fully saturated rings. The fraction of sp³-hybridized carbons (Fsp3) is 0.500. The molecule has 0 aromatic carbocycles. The van der Waals surface area contributed by atoms with Crippen LogP contribution in [0, 0.1) is 6.92 Å². The number of rotatable bonds is 2. The molecule has 60 valence electrons. The third-order valence-electron chi connectivity index (χ3n) is 1.59. The van der Waals surface area contributed by atoms with Crippen LogP contribution >= 0.6 is 0 Å². The summed E-state index contributed by atoms with van der Waals surface area (Å²) in [5.74, 6) is 0. The van der Waals surface area contributed by atoms with E-state index in [0.717, 1.165) is 24.1 Å². The first-order valence-corrected chi connectivity index (χ1v) is 3.79. The van der Waals surface area contributed by atoms with Crippen LogP contribution in [-0.4, -0.2) is 10.2 Å². The van der Waals surface area contributed by atoms with E-state index in [9.17, 15) is 4.79 Å². The lowest BCUT2D eigenvalue weighted by Crippen LogP contribution is -2.10. The van der Waals surface area contributed by atoms with Gasteiger partial charge < -0.3 is 0 Å². The molecule has 0 aliphatic carbocycles. The molecular weight excluding hydrogens is 140 g/mol. The number of nitrogens with zero attached hydrogens (tertiary/aromatic N) is 1. The minimum absolute atomic E-state index is 0.123. The van der Waals surface area contributed by atoms with Gasteiger partial charge in [0.05, 0.1) is 5.69 Å². The predicted octanol–water partition coefficient (Wildman–Crippen LogP) is 1.03. The Morgan fingerprint density at radius 2 is 2.36 bits per heavy atom. The van der Waals surface area contributed by atoms with Crippen molar-refractivity contribution in [2.24, 2.45) is 0 Å². The highest BCUT2D eigenvalue weighted by atomic mass is 16.1. The van der Waals surface area contributed by atoms with E-state index in [0.29, 0.717) is 0 Å². The molecule has 0 saturated heterocycles. The predicted molar refractivity (Wildman–Crippen MR) is 43.6 cm³/mol. The summed E-state index contributed by atoms with van der Waals surface area (Å²) in [5.41, 5.74) is 1.85. The summed E-state index contributed by atoms with van der Waals surface area (Å²) in [5, 5.41) is 6.35. The number of hydrogen-bond acceptors (Lipinski definition) is 2. The summed E-state index contributed by atoms with van der Waals surface area (Å²) >= 11 is 0. The summed E-state index contributed by atoms with van der Waals surface area (Å²) < 4.78 is 0. The zero-order valence-electron chi connectivity index (χ0n) is 6.85. The molecule has 0 amide bonds. The average Bonchev–Trinajstić information content (AvgIpc) is 1.95. The second-order valence-corrected chi connectivity index (χ2v) is 2.61. The molecule has 1 N–H and O–H groups in total. The van der Waals surface area contributed by atoms with Gasteiger partial charge >= 0.3 is 0 Å². The first-order valence-electron chi connectivity index (χ1n) is 3.79. The van der Waals surface area contributed by atoms with Crippen molar-refractivity contribution in [2.75, 3.05) is 0 Å². The average molecular weight is 152 g/mol. The van der Waals surface area contributed by atoms with E-state index >= 15 is 0 Å². The van der Waals surface area contributed by atoms with Crippen molar-refractivity contribution in [3.05, 3.63) is 27.7 Å². The number of aromatic nitrogens is 2. The van der Waals surface area contributed by atoms with Crippen LogP contribution < -0.4 is 5.56 Å². The normalized spacial score (nSPS) is 10.0. The van der Waals surface area contributed by atoms with Gasteiger partial charge in [-0.1, -0.05) is 13.3 Å². The lowest BCUT2D eigenvalue weighted by atomic mass is 10.1. The van der Waals surface area contributed by atoms with Gasteiger partial charge in [0.15, 0.2) is 0 Å². The zero-order chi connectivity index (χ0) is 8.27. The highest BCUT2D eigenvalue weighted by molar-refractivity contribution is 5.14. The van der Waals surface area contributed by atoms with Gasteiger partial charge in [-0.2, -0.15) is 5.10 Å². The quantitative estimate of drug-likeness (QED) is 0.688. The number of H-pyrrole nitrogens is 1. The second kappa shape index (κ2) is 3.32. The van der Waals surface area contributed by atoms with Gasteiger partial charge in [0.1, 0.15) is 0 Å². The Balaban J connectivity index is 2.99. The smallest absolute Gasteiger partial charge is 0.264 e. The van der Waals surface area contributed by atoms with E-state index < -0.39 is 0 Å². The van der Waals surface area contributed by atoms with Crippen LogP contribution in [0.1, 0.15) is 24.6 Å². The molecule has 0 unspecified atom stereocenters. The summed E-state index contributed by atoms with van der Waals surface area (Å²) in [7, 11) is 0. The number of aryl methyl sites for hydroxylation is 2. The highest BCUT2D eigenvalue weighted by Gasteiger charge is 1.97. The van der Waals surface area contributed by atoms with Crippen LogP contribution in [0.15, 0.2) is 10.9 Å². The van der Waals surface area contributed by atoms with E-state index in [2.05, 4.69) is 17.1 Å². The number of nitrogens with one attached hydrogen (secondary N) is 1. The van der Waals surface area contributed by atoms with Gasteiger partial charge in [-0.05, 0) is 18.9 Å².